The van der Waals surface area contributed by atoms with Crippen molar-refractivity contribution in [3.63, 3.8) is 0 Å². The van der Waals surface area contributed by atoms with Crippen LogP contribution in [0.5, 0.6) is 0 Å². The average molecular weight is 409 g/mol. The first-order valence-electron chi connectivity index (χ1n) is 10.6. The molecule has 0 atom stereocenters. The van der Waals surface area contributed by atoms with Crippen LogP contribution in [-0.2, 0) is 11.3 Å². The van der Waals surface area contributed by atoms with Crippen LogP contribution in [0.1, 0.15) is 32.7 Å². The van der Waals surface area contributed by atoms with Crippen LogP contribution in [0, 0.1) is 0 Å². The SMILES string of the molecule is O=C(c1ccncc1)N1CCCN(C(=O)c2cccc(CN3CCOCC3)c2)CC1. The molecule has 0 N–H and O–H groups in total. The van der Waals surface area contributed by atoms with Crippen molar-refractivity contribution in [1.82, 2.24) is 19.7 Å². The second-order valence-corrected chi connectivity index (χ2v) is 7.76. The van der Waals surface area contributed by atoms with E-state index >= 15 is 0 Å². The number of amides is 2. The molecule has 0 aliphatic carbocycles. The fraction of sp³-hybridized carbons (Fsp3) is 0.435. The van der Waals surface area contributed by atoms with Gasteiger partial charge >= 0.3 is 0 Å². The number of ether oxygens (including phenoxy) is 1. The lowest BCUT2D eigenvalue weighted by molar-refractivity contribution is 0.0341. The Morgan fingerprint density at radius 2 is 1.50 bits per heavy atom. The summed E-state index contributed by atoms with van der Waals surface area (Å²) in [5.41, 5.74) is 2.50. The zero-order chi connectivity index (χ0) is 20.8. The third-order valence-electron chi connectivity index (χ3n) is 5.68. The minimum absolute atomic E-state index is 0.000734. The summed E-state index contributed by atoms with van der Waals surface area (Å²) in [5, 5.41) is 0. The minimum Gasteiger partial charge on any atom is -0.379 e. The molecule has 1 aromatic heterocycles. The molecule has 2 aliphatic rings. The average Bonchev–Trinajstić information content (AvgIpc) is 3.06. The number of hydrogen-bond donors (Lipinski definition) is 0. The lowest BCUT2D eigenvalue weighted by Gasteiger charge is -2.27. The van der Waals surface area contributed by atoms with Gasteiger partial charge in [-0.25, -0.2) is 0 Å². The highest BCUT2D eigenvalue weighted by Gasteiger charge is 2.24. The predicted molar refractivity (Wildman–Crippen MR) is 113 cm³/mol. The second-order valence-electron chi connectivity index (χ2n) is 7.76. The molecule has 0 saturated carbocycles. The maximum absolute atomic E-state index is 13.1. The lowest BCUT2D eigenvalue weighted by atomic mass is 10.1. The number of nitrogens with zero attached hydrogens (tertiary/aromatic N) is 4. The summed E-state index contributed by atoms with van der Waals surface area (Å²) in [7, 11) is 0. The van der Waals surface area contributed by atoms with Crippen molar-refractivity contribution in [2.75, 3.05) is 52.5 Å². The summed E-state index contributed by atoms with van der Waals surface area (Å²) in [5.74, 6) is 0.0382. The molecule has 2 aromatic rings. The molecule has 158 valence electrons. The van der Waals surface area contributed by atoms with Gasteiger partial charge in [0.1, 0.15) is 0 Å². The molecule has 3 heterocycles. The van der Waals surface area contributed by atoms with E-state index in [1.807, 2.05) is 28.0 Å². The first kappa shape index (κ1) is 20.5. The van der Waals surface area contributed by atoms with Crippen molar-refractivity contribution in [3.8, 4) is 0 Å². The van der Waals surface area contributed by atoms with Crippen molar-refractivity contribution >= 4 is 11.8 Å². The number of hydrogen-bond acceptors (Lipinski definition) is 5. The van der Waals surface area contributed by atoms with E-state index in [1.54, 1.807) is 24.5 Å². The molecule has 0 spiro atoms. The van der Waals surface area contributed by atoms with Gasteiger partial charge in [0.15, 0.2) is 0 Å². The highest BCUT2D eigenvalue weighted by atomic mass is 16.5. The Balaban J connectivity index is 1.38. The van der Waals surface area contributed by atoms with E-state index in [1.165, 1.54) is 0 Å². The van der Waals surface area contributed by atoms with E-state index in [0.717, 1.165) is 50.4 Å². The highest BCUT2D eigenvalue weighted by molar-refractivity contribution is 5.95. The molecule has 1 aromatic carbocycles. The van der Waals surface area contributed by atoms with Crippen LogP contribution in [0.15, 0.2) is 48.8 Å². The Morgan fingerprint density at radius 1 is 0.833 bits per heavy atom. The Morgan fingerprint density at radius 3 is 2.20 bits per heavy atom. The van der Waals surface area contributed by atoms with Gasteiger partial charge in [-0.3, -0.25) is 19.5 Å². The summed E-state index contributed by atoms with van der Waals surface area (Å²) >= 11 is 0. The summed E-state index contributed by atoms with van der Waals surface area (Å²) in [6.07, 6.45) is 4.03. The number of benzene rings is 1. The Hall–Kier alpha value is -2.77. The minimum atomic E-state index is -0.000734. The molecule has 7 heteroatoms. The summed E-state index contributed by atoms with van der Waals surface area (Å²) in [6.45, 7) is 6.61. The summed E-state index contributed by atoms with van der Waals surface area (Å²) in [4.78, 5) is 35.9. The predicted octanol–water partition coefficient (Wildman–Crippen LogP) is 1.90. The number of carbonyl (C=O) groups excluding carboxylic acids is 2. The molecule has 0 radical (unpaired) electrons. The summed E-state index contributed by atoms with van der Waals surface area (Å²) < 4.78 is 5.41. The van der Waals surface area contributed by atoms with E-state index in [9.17, 15) is 9.59 Å². The zero-order valence-electron chi connectivity index (χ0n) is 17.2. The number of rotatable bonds is 4. The van der Waals surface area contributed by atoms with Gasteiger partial charge in [0.2, 0.25) is 0 Å². The maximum atomic E-state index is 13.1. The van der Waals surface area contributed by atoms with Gasteiger partial charge < -0.3 is 14.5 Å². The molecule has 4 rings (SSSR count). The van der Waals surface area contributed by atoms with Crippen molar-refractivity contribution in [2.45, 2.75) is 13.0 Å². The normalized spacial score (nSPS) is 18.1. The van der Waals surface area contributed by atoms with Crippen LogP contribution < -0.4 is 0 Å². The van der Waals surface area contributed by atoms with Gasteiger partial charge in [-0.15, -0.1) is 0 Å². The van der Waals surface area contributed by atoms with Crippen molar-refractivity contribution in [3.05, 3.63) is 65.5 Å². The first-order valence-corrected chi connectivity index (χ1v) is 10.6. The van der Waals surface area contributed by atoms with Gasteiger partial charge in [0, 0.05) is 69.3 Å². The molecule has 2 fully saturated rings. The Labute approximate surface area is 177 Å². The molecule has 2 aliphatic heterocycles. The Kier molecular flexibility index (Phi) is 6.71. The maximum Gasteiger partial charge on any atom is 0.254 e. The Bertz CT molecular complexity index is 868. The fourth-order valence-electron chi connectivity index (χ4n) is 4.00. The number of carbonyl (C=O) groups is 2. The molecule has 7 nitrogen and oxygen atoms in total. The number of morpholine rings is 1. The van der Waals surface area contributed by atoms with Crippen molar-refractivity contribution < 1.29 is 14.3 Å². The molecule has 30 heavy (non-hydrogen) atoms. The smallest absolute Gasteiger partial charge is 0.254 e. The molecule has 2 saturated heterocycles. The van der Waals surface area contributed by atoms with Gasteiger partial charge in [0.25, 0.3) is 11.8 Å². The van der Waals surface area contributed by atoms with Crippen LogP contribution in [0.25, 0.3) is 0 Å². The van der Waals surface area contributed by atoms with Gasteiger partial charge in [-0.05, 0) is 36.2 Å². The van der Waals surface area contributed by atoms with Gasteiger partial charge in [-0.1, -0.05) is 12.1 Å². The van der Waals surface area contributed by atoms with E-state index in [0.29, 0.717) is 31.7 Å². The van der Waals surface area contributed by atoms with Crippen molar-refractivity contribution in [1.29, 1.82) is 0 Å². The number of pyridine rings is 1. The number of aromatic nitrogens is 1. The van der Waals surface area contributed by atoms with Crippen LogP contribution in [0.2, 0.25) is 0 Å². The van der Waals surface area contributed by atoms with Crippen LogP contribution in [0.3, 0.4) is 0 Å². The molecule has 2 amide bonds. The monoisotopic (exact) mass is 408 g/mol. The lowest BCUT2D eigenvalue weighted by Crippen LogP contribution is -2.37. The first-order chi connectivity index (χ1) is 14.7. The third-order valence-corrected chi connectivity index (χ3v) is 5.68. The van der Waals surface area contributed by atoms with Gasteiger partial charge in [-0.2, -0.15) is 0 Å². The van der Waals surface area contributed by atoms with Crippen molar-refractivity contribution in [2.24, 2.45) is 0 Å². The molecular formula is C23H28N4O3. The molecular weight excluding hydrogens is 380 g/mol. The van der Waals surface area contributed by atoms with E-state index in [4.69, 9.17) is 4.74 Å². The highest BCUT2D eigenvalue weighted by Crippen LogP contribution is 2.15. The van der Waals surface area contributed by atoms with Crippen LogP contribution >= 0.6 is 0 Å². The van der Waals surface area contributed by atoms with E-state index in [2.05, 4.69) is 16.0 Å². The molecule has 0 unspecified atom stereocenters. The van der Waals surface area contributed by atoms with Crippen LogP contribution in [-0.4, -0.2) is 84.0 Å². The van der Waals surface area contributed by atoms with E-state index < -0.39 is 0 Å². The summed E-state index contributed by atoms with van der Waals surface area (Å²) in [6, 6.07) is 11.4. The second kappa shape index (κ2) is 9.82. The van der Waals surface area contributed by atoms with Gasteiger partial charge in [0.05, 0.1) is 13.2 Å². The van der Waals surface area contributed by atoms with Crippen LogP contribution in [0.4, 0.5) is 0 Å². The third kappa shape index (κ3) is 5.04. The molecule has 0 bridgehead atoms. The zero-order valence-corrected chi connectivity index (χ0v) is 17.2. The van der Waals surface area contributed by atoms with E-state index in [-0.39, 0.29) is 11.8 Å². The topological polar surface area (TPSA) is 66.0 Å². The fourth-order valence-corrected chi connectivity index (χ4v) is 4.00. The quantitative estimate of drug-likeness (QED) is 0.773. The largest absolute Gasteiger partial charge is 0.379 e. The standard InChI is InChI=1S/C23H28N4O3/c28-22(20-5-7-24-8-6-20)26-9-2-10-27(12-11-26)23(29)21-4-1-3-19(17-21)18-25-13-15-30-16-14-25/h1,3-8,17H,2,9-16,18H2.